The molecule has 0 N–H and O–H groups in total. The molecule has 2 aromatic rings. The van der Waals surface area contributed by atoms with E-state index in [1.54, 1.807) is 17.5 Å². The summed E-state index contributed by atoms with van der Waals surface area (Å²) in [5.74, 6) is 0.492. The van der Waals surface area contributed by atoms with Gasteiger partial charge in [-0.25, -0.2) is 4.98 Å². The zero-order valence-electron chi connectivity index (χ0n) is 7.52. The van der Waals surface area contributed by atoms with E-state index in [2.05, 4.69) is 18.8 Å². The van der Waals surface area contributed by atoms with Crippen molar-refractivity contribution >= 4 is 22.6 Å². The molecule has 0 saturated heterocycles. The van der Waals surface area contributed by atoms with Crippen LogP contribution in [0.1, 0.15) is 35.1 Å². The highest BCUT2D eigenvalue weighted by molar-refractivity contribution is 7.17. The summed E-state index contributed by atoms with van der Waals surface area (Å²) >= 11 is 1.63. The topological polar surface area (TPSA) is 34.4 Å². The minimum absolute atomic E-state index is 0.492. The summed E-state index contributed by atoms with van der Waals surface area (Å²) in [6.07, 6.45) is 4.42. The van der Waals surface area contributed by atoms with Crippen molar-refractivity contribution in [3.63, 3.8) is 0 Å². The van der Waals surface area contributed by atoms with Gasteiger partial charge in [0.2, 0.25) is 0 Å². The molecular formula is C9H10N2OS. The maximum atomic E-state index is 10.6. The number of thiazole rings is 1. The molecule has 0 aliphatic heterocycles. The van der Waals surface area contributed by atoms with Gasteiger partial charge in [0.25, 0.3) is 0 Å². The fourth-order valence-electron chi connectivity index (χ4n) is 1.17. The third-order valence-corrected chi connectivity index (χ3v) is 3.24. The molecule has 2 rings (SSSR count). The SMILES string of the molecule is CC(C)c1cn2c(C=O)cnc2s1. The molecule has 0 aromatic carbocycles. The Bertz CT molecular complexity index is 441. The van der Waals surface area contributed by atoms with Gasteiger partial charge in [0.1, 0.15) is 5.69 Å². The molecule has 3 nitrogen and oxygen atoms in total. The van der Waals surface area contributed by atoms with E-state index in [9.17, 15) is 4.79 Å². The van der Waals surface area contributed by atoms with Crippen molar-refractivity contribution in [2.24, 2.45) is 0 Å². The van der Waals surface area contributed by atoms with Gasteiger partial charge in [0, 0.05) is 11.1 Å². The Morgan fingerprint density at radius 1 is 1.62 bits per heavy atom. The summed E-state index contributed by atoms with van der Waals surface area (Å²) in [6, 6.07) is 0. The van der Waals surface area contributed by atoms with Crippen LogP contribution in [0.2, 0.25) is 0 Å². The molecule has 0 aliphatic rings. The van der Waals surface area contributed by atoms with Crippen LogP contribution in [0.3, 0.4) is 0 Å². The Hall–Kier alpha value is -1.16. The van der Waals surface area contributed by atoms with Crippen molar-refractivity contribution in [1.82, 2.24) is 9.38 Å². The highest BCUT2D eigenvalue weighted by Gasteiger charge is 2.08. The zero-order chi connectivity index (χ0) is 9.42. The quantitative estimate of drug-likeness (QED) is 0.688. The summed E-state index contributed by atoms with van der Waals surface area (Å²) < 4.78 is 1.84. The van der Waals surface area contributed by atoms with Gasteiger partial charge in [-0.1, -0.05) is 13.8 Å². The number of carbonyl (C=O) groups excluding carboxylic acids is 1. The number of carbonyl (C=O) groups is 1. The highest BCUT2D eigenvalue weighted by Crippen LogP contribution is 2.24. The zero-order valence-corrected chi connectivity index (χ0v) is 8.34. The Morgan fingerprint density at radius 3 is 3.00 bits per heavy atom. The molecule has 0 unspecified atom stereocenters. The summed E-state index contributed by atoms with van der Waals surface area (Å²) in [5.41, 5.74) is 0.623. The molecular weight excluding hydrogens is 184 g/mol. The molecule has 0 saturated carbocycles. The van der Waals surface area contributed by atoms with E-state index in [1.165, 1.54) is 4.88 Å². The van der Waals surface area contributed by atoms with E-state index in [0.29, 0.717) is 11.6 Å². The van der Waals surface area contributed by atoms with E-state index in [0.717, 1.165) is 11.2 Å². The van der Waals surface area contributed by atoms with Crippen LogP contribution in [0.25, 0.3) is 4.96 Å². The van der Waals surface area contributed by atoms with Gasteiger partial charge in [-0.2, -0.15) is 0 Å². The van der Waals surface area contributed by atoms with Crippen molar-refractivity contribution in [3.05, 3.63) is 23.0 Å². The third kappa shape index (κ3) is 1.27. The van der Waals surface area contributed by atoms with Crippen LogP contribution in [-0.2, 0) is 0 Å². The van der Waals surface area contributed by atoms with Crippen molar-refractivity contribution in [1.29, 1.82) is 0 Å². The molecule has 0 bridgehead atoms. The average Bonchev–Trinajstić information content (AvgIpc) is 2.60. The Labute approximate surface area is 80.0 Å². The molecule has 2 heterocycles. The number of aldehydes is 1. The Morgan fingerprint density at radius 2 is 2.38 bits per heavy atom. The Kier molecular flexibility index (Phi) is 1.92. The van der Waals surface area contributed by atoms with Crippen LogP contribution in [0.5, 0.6) is 0 Å². The second kappa shape index (κ2) is 2.96. The number of rotatable bonds is 2. The lowest BCUT2D eigenvalue weighted by Gasteiger charge is -1.95. The van der Waals surface area contributed by atoms with Gasteiger partial charge in [0.15, 0.2) is 11.2 Å². The first-order valence-corrected chi connectivity index (χ1v) is 4.96. The molecule has 4 heteroatoms. The van der Waals surface area contributed by atoms with Gasteiger partial charge in [-0.3, -0.25) is 9.20 Å². The first-order chi connectivity index (χ1) is 6.22. The van der Waals surface area contributed by atoms with E-state index < -0.39 is 0 Å². The number of fused-ring (bicyclic) bond motifs is 1. The number of aromatic nitrogens is 2. The Balaban J connectivity index is 2.62. The minimum Gasteiger partial charge on any atom is -0.296 e. The van der Waals surface area contributed by atoms with Gasteiger partial charge >= 0.3 is 0 Å². The first kappa shape index (κ1) is 8.44. The third-order valence-electron chi connectivity index (χ3n) is 1.95. The first-order valence-electron chi connectivity index (χ1n) is 4.14. The summed E-state index contributed by atoms with van der Waals surface area (Å²) in [6.45, 7) is 4.26. The van der Waals surface area contributed by atoms with E-state index in [4.69, 9.17) is 0 Å². The second-order valence-electron chi connectivity index (χ2n) is 3.24. The number of hydrogen-bond acceptors (Lipinski definition) is 3. The van der Waals surface area contributed by atoms with Crippen LogP contribution < -0.4 is 0 Å². The molecule has 0 fully saturated rings. The fraction of sp³-hybridized carbons (Fsp3) is 0.333. The largest absolute Gasteiger partial charge is 0.296 e. The van der Waals surface area contributed by atoms with Crippen LogP contribution in [0.4, 0.5) is 0 Å². The highest BCUT2D eigenvalue weighted by atomic mass is 32.1. The van der Waals surface area contributed by atoms with Crippen LogP contribution in [0, 0.1) is 0 Å². The molecule has 13 heavy (non-hydrogen) atoms. The monoisotopic (exact) mass is 194 g/mol. The number of hydrogen-bond donors (Lipinski definition) is 0. The molecule has 0 aliphatic carbocycles. The second-order valence-corrected chi connectivity index (χ2v) is 4.28. The number of nitrogens with zero attached hydrogens (tertiary/aromatic N) is 2. The van der Waals surface area contributed by atoms with Crippen LogP contribution in [0.15, 0.2) is 12.4 Å². The summed E-state index contributed by atoms with van der Waals surface area (Å²) in [5, 5.41) is 0. The van der Waals surface area contributed by atoms with Gasteiger partial charge < -0.3 is 0 Å². The molecule has 0 spiro atoms. The van der Waals surface area contributed by atoms with E-state index >= 15 is 0 Å². The molecule has 0 atom stereocenters. The summed E-state index contributed by atoms with van der Waals surface area (Å²) in [4.78, 5) is 16.9. The lowest BCUT2D eigenvalue weighted by molar-refractivity contribution is 0.111. The standard InChI is InChI=1S/C9H10N2OS/c1-6(2)8-4-11-7(5-12)3-10-9(11)13-8/h3-6H,1-2H3. The predicted octanol–water partition coefficient (Wildman–Crippen LogP) is 2.33. The van der Waals surface area contributed by atoms with Crippen LogP contribution in [-0.4, -0.2) is 15.7 Å². The van der Waals surface area contributed by atoms with Crippen molar-refractivity contribution < 1.29 is 4.79 Å². The minimum atomic E-state index is 0.492. The summed E-state index contributed by atoms with van der Waals surface area (Å²) in [7, 11) is 0. The average molecular weight is 194 g/mol. The van der Waals surface area contributed by atoms with Crippen molar-refractivity contribution in [3.8, 4) is 0 Å². The predicted molar refractivity (Wildman–Crippen MR) is 52.5 cm³/mol. The molecule has 0 amide bonds. The maximum absolute atomic E-state index is 10.6. The fourth-order valence-corrected chi connectivity index (χ4v) is 2.14. The van der Waals surface area contributed by atoms with Crippen LogP contribution >= 0.6 is 11.3 Å². The normalized spacial score (nSPS) is 11.3. The van der Waals surface area contributed by atoms with Gasteiger partial charge in [-0.15, -0.1) is 11.3 Å². The lowest BCUT2D eigenvalue weighted by atomic mass is 10.2. The molecule has 68 valence electrons. The van der Waals surface area contributed by atoms with Crippen molar-refractivity contribution in [2.75, 3.05) is 0 Å². The van der Waals surface area contributed by atoms with E-state index in [-0.39, 0.29) is 0 Å². The van der Waals surface area contributed by atoms with Gasteiger partial charge in [0.05, 0.1) is 6.20 Å². The molecule has 0 radical (unpaired) electrons. The van der Waals surface area contributed by atoms with E-state index in [1.807, 2.05) is 10.6 Å². The van der Waals surface area contributed by atoms with Gasteiger partial charge in [-0.05, 0) is 5.92 Å². The lowest BCUT2D eigenvalue weighted by Crippen LogP contribution is -1.86. The van der Waals surface area contributed by atoms with Crippen molar-refractivity contribution in [2.45, 2.75) is 19.8 Å². The molecule has 2 aromatic heterocycles. The maximum Gasteiger partial charge on any atom is 0.194 e. The number of imidazole rings is 1. The smallest absolute Gasteiger partial charge is 0.194 e.